The molecule has 0 aromatic carbocycles. The molecule has 2 heterocycles. The first-order chi connectivity index (χ1) is 10.2. The standard InChI is InChI=1S/C15H25N5O/c1-19-7-9-20(10-8-19)14-13(16)15(18-11-17-14)21-12-5-3-2-4-6-12/h11-12H,2-10,16H2,1H3. The van der Waals surface area contributed by atoms with Gasteiger partial charge in [-0.2, -0.15) is 4.98 Å². The van der Waals surface area contributed by atoms with Crippen molar-refractivity contribution in [3.63, 3.8) is 0 Å². The summed E-state index contributed by atoms with van der Waals surface area (Å²) < 4.78 is 6.03. The van der Waals surface area contributed by atoms with Gasteiger partial charge in [0.15, 0.2) is 5.82 Å². The number of hydrogen-bond acceptors (Lipinski definition) is 6. The molecular formula is C15H25N5O. The number of hydrogen-bond donors (Lipinski definition) is 1. The molecule has 1 aromatic heterocycles. The second kappa shape index (κ2) is 6.47. The molecule has 0 atom stereocenters. The van der Waals surface area contributed by atoms with Crippen molar-refractivity contribution in [2.75, 3.05) is 43.9 Å². The molecule has 0 radical (unpaired) electrons. The van der Waals surface area contributed by atoms with Crippen molar-refractivity contribution in [3.8, 4) is 5.88 Å². The molecule has 1 saturated carbocycles. The lowest BCUT2D eigenvalue weighted by atomic mass is 9.98. The van der Waals surface area contributed by atoms with Crippen LogP contribution in [0.3, 0.4) is 0 Å². The lowest BCUT2D eigenvalue weighted by Gasteiger charge is -2.34. The number of aromatic nitrogens is 2. The van der Waals surface area contributed by atoms with Crippen molar-refractivity contribution < 1.29 is 4.74 Å². The molecule has 6 nitrogen and oxygen atoms in total. The lowest BCUT2D eigenvalue weighted by molar-refractivity contribution is 0.149. The van der Waals surface area contributed by atoms with Gasteiger partial charge in [0, 0.05) is 26.2 Å². The third-order valence-corrected chi connectivity index (χ3v) is 4.46. The number of nitrogen functional groups attached to an aromatic ring is 1. The molecule has 0 amide bonds. The van der Waals surface area contributed by atoms with E-state index in [2.05, 4.69) is 26.8 Å². The van der Waals surface area contributed by atoms with Gasteiger partial charge in [-0.25, -0.2) is 4.98 Å². The van der Waals surface area contributed by atoms with Crippen LogP contribution in [0.15, 0.2) is 6.33 Å². The lowest BCUT2D eigenvalue weighted by Crippen LogP contribution is -2.45. The molecule has 2 fully saturated rings. The Hall–Kier alpha value is -1.56. The summed E-state index contributed by atoms with van der Waals surface area (Å²) in [6.07, 6.45) is 7.83. The van der Waals surface area contributed by atoms with Gasteiger partial charge in [0.25, 0.3) is 0 Å². The van der Waals surface area contributed by atoms with Crippen LogP contribution >= 0.6 is 0 Å². The number of rotatable bonds is 3. The summed E-state index contributed by atoms with van der Waals surface area (Å²) in [6, 6.07) is 0. The molecule has 2 N–H and O–H groups in total. The maximum atomic E-state index is 6.26. The zero-order valence-corrected chi connectivity index (χ0v) is 12.8. The number of nitrogens with zero attached hydrogens (tertiary/aromatic N) is 4. The minimum absolute atomic E-state index is 0.260. The van der Waals surface area contributed by atoms with E-state index in [-0.39, 0.29) is 6.10 Å². The minimum atomic E-state index is 0.260. The van der Waals surface area contributed by atoms with Gasteiger partial charge in [0.05, 0.1) is 0 Å². The molecule has 1 saturated heterocycles. The minimum Gasteiger partial charge on any atom is -0.473 e. The average molecular weight is 291 g/mol. The molecular weight excluding hydrogens is 266 g/mol. The van der Waals surface area contributed by atoms with Crippen LogP contribution in [0, 0.1) is 0 Å². The van der Waals surface area contributed by atoms with Crippen LogP contribution in [0.25, 0.3) is 0 Å². The Bertz CT molecular complexity index is 467. The normalized spacial score (nSPS) is 21.5. The maximum absolute atomic E-state index is 6.26. The first-order valence-corrected chi connectivity index (χ1v) is 7.94. The molecule has 116 valence electrons. The Labute approximate surface area is 126 Å². The summed E-state index contributed by atoms with van der Waals surface area (Å²) >= 11 is 0. The van der Waals surface area contributed by atoms with Crippen LogP contribution in [0.2, 0.25) is 0 Å². The molecule has 3 rings (SSSR count). The van der Waals surface area contributed by atoms with E-state index >= 15 is 0 Å². The molecule has 21 heavy (non-hydrogen) atoms. The fourth-order valence-electron chi connectivity index (χ4n) is 3.08. The molecule has 1 aliphatic heterocycles. The van der Waals surface area contributed by atoms with E-state index in [1.165, 1.54) is 19.3 Å². The van der Waals surface area contributed by atoms with Gasteiger partial charge in [-0.3, -0.25) is 0 Å². The SMILES string of the molecule is CN1CCN(c2ncnc(OC3CCCCC3)c2N)CC1. The quantitative estimate of drug-likeness (QED) is 0.911. The topological polar surface area (TPSA) is 67.5 Å². The van der Waals surface area contributed by atoms with Gasteiger partial charge in [-0.15, -0.1) is 0 Å². The summed E-state index contributed by atoms with van der Waals surface area (Å²) in [6.45, 7) is 3.95. The van der Waals surface area contributed by atoms with Crippen LogP contribution in [-0.2, 0) is 0 Å². The van der Waals surface area contributed by atoms with Crippen molar-refractivity contribution >= 4 is 11.5 Å². The van der Waals surface area contributed by atoms with Crippen molar-refractivity contribution in [2.24, 2.45) is 0 Å². The largest absolute Gasteiger partial charge is 0.473 e. The Kier molecular flexibility index (Phi) is 4.43. The third kappa shape index (κ3) is 3.37. The number of ether oxygens (including phenoxy) is 1. The van der Waals surface area contributed by atoms with Gasteiger partial charge >= 0.3 is 0 Å². The zero-order valence-electron chi connectivity index (χ0n) is 12.8. The second-order valence-electron chi connectivity index (χ2n) is 6.08. The van der Waals surface area contributed by atoms with E-state index in [1.54, 1.807) is 6.33 Å². The first-order valence-electron chi connectivity index (χ1n) is 7.94. The van der Waals surface area contributed by atoms with Crippen LogP contribution in [-0.4, -0.2) is 54.2 Å². The number of likely N-dealkylation sites (N-methyl/N-ethyl adjacent to an activating group) is 1. The summed E-state index contributed by atoms with van der Waals surface area (Å²) in [4.78, 5) is 13.2. The van der Waals surface area contributed by atoms with E-state index in [0.717, 1.165) is 44.8 Å². The van der Waals surface area contributed by atoms with Gasteiger partial charge in [-0.05, 0) is 32.7 Å². The average Bonchev–Trinajstić information content (AvgIpc) is 2.52. The first kappa shape index (κ1) is 14.4. The second-order valence-corrected chi connectivity index (χ2v) is 6.08. The van der Waals surface area contributed by atoms with Gasteiger partial charge in [-0.1, -0.05) is 6.42 Å². The predicted octanol–water partition coefficient (Wildman–Crippen LogP) is 1.52. The summed E-state index contributed by atoms with van der Waals surface area (Å²) in [5.41, 5.74) is 6.85. The molecule has 0 unspecified atom stereocenters. The molecule has 2 aliphatic rings. The molecule has 0 bridgehead atoms. The van der Waals surface area contributed by atoms with Gasteiger partial charge < -0.3 is 20.3 Å². The van der Waals surface area contributed by atoms with Crippen LogP contribution in [0.5, 0.6) is 5.88 Å². The fraction of sp³-hybridized carbons (Fsp3) is 0.733. The molecule has 1 aromatic rings. The van der Waals surface area contributed by atoms with Crippen molar-refractivity contribution in [1.29, 1.82) is 0 Å². The Morgan fingerprint density at radius 1 is 1.10 bits per heavy atom. The Morgan fingerprint density at radius 3 is 2.52 bits per heavy atom. The van der Waals surface area contributed by atoms with E-state index in [1.807, 2.05) is 0 Å². The number of anilines is 2. The highest BCUT2D eigenvalue weighted by Gasteiger charge is 2.22. The fourth-order valence-corrected chi connectivity index (χ4v) is 3.08. The summed E-state index contributed by atoms with van der Waals surface area (Å²) in [5.74, 6) is 1.38. The number of piperazine rings is 1. The van der Waals surface area contributed by atoms with Crippen molar-refractivity contribution in [2.45, 2.75) is 38.2 Å². The van der Waals surface area contributed by atoms with E-state index in [9.17, 15) is 0 Å². The smallest absolute Gasteiger partial charge is 0.242 e. The van der Waals surface area contributed by atoms with Crippen molar-refractivity contribution in [3.05, 3.63) is 6.33 Å². The highest BCUT2D eigenvalue weighted by molar-refractivity contribution is 5.67. The van der Waals surface area contributed by atoms with Gasteiger partial charge in [0.2, 0.25) is 5.88 Å². The zero-order chi connectivity index (χ0) is 14.7. The summed E-state index contributed by atoms with van der Waals surface area (Å²) in [5, 5.41) is 0. The third-order valence-electron chi connectivity index (χ3n) is 4.46. The van der Waals surface area contributed by atoms with Crippen molar-refractivity contribution in [1.82, 2.24) is 14.9 Å². The van der Waals surface area contributed by atoms with Crippen LogP contribution in [0.1, 0.15) is 32.1 Å². The predicted molar refractivity (Wildman–Crippen MR) is 83.7 cm³/mol. The molecule has 0 spiro atoms. The Balaban J connectivity index is 1.72. The summed E-state index contributed by atoms with van der Waals surface area (Å²) in [7, 11) is 2.14. The molecule has 6 heteroatoms. The van der Waals surface area contributed by atoms with E-state index < -0.39 is 0 Å². The van der Waals surface area contributed by atoms with E-state index in [4.69, 9.17) is 10.5 Å². The highest BCUT2D eigenvalue weighted by atomic mass is 16.5. The van der Waals surface area contributed by atoms with Gasteiger partial charge in [0.1, 0.15) is 18.1 Å². The maximum Gasteiger partial charge on any atom is 0.242 e. The van der Waals surface area contributed by atoms with Crippen LogP contribution < -0.4 is 15.4 Å². The highest BCUT2D eigenvalue weighted by Crippen LogP contribution is 2.31. The van der Waals surface area contributed by atoms with E-state index in [0.29, 0.717) is 11.6 Å². The monoisotopic (exact) mass is 291 g/mol. The molecule has 1 aliphatic carbocycles. The van der Waals surface area contributed by atoms with Crippen LogP contribution in [0.4, 0.5) is 11.5 Å². The Morgan fingerprint density at radius 2 is 1.81 bits per heavy atom. The number of nitrogens with two attached hydrogens (primary N) is 1.